The summed E-state index contributed by atoms with van der Waals surface area (Å²) in [5, 5.41) is 3.50. The number of furan rings is 1. The predicted octanol–water partition coefficient (Wildman–Crippen LogP) is 2.14. The number of hydrogen-bond acceptors (Lipinski definition) is 3. The highest BCUT2D eigenvalue weighted by Gasteiger charge is 2.06. The minimum atomic E-state index is 0.465. The Labute approximate surface area is 98.8 Å². The summed E-state index contributed by atoms with van der Waals surface area (Å²) in [6, 6.07) is 5.04. The summed E-state index contributed by atoms with van der Waals surface area (Å²) in [5.74, 6) is 1.05. The molecule has 1 heterocycles. The Kier molecular flexibility index (Phi) is 5.56. The highest BCUT2D eigenvalue weighted by atomic mass is 16.3. The molecule has 0 spiro atoms. The van der Waals surface area contributed by atoms with E-state index < -0.39 is 0 Å². The maximum absolute atomic E-state index is 5.32. The third kappa shape index (κ3) is 4.81. The number of nitrogens with one attached hydrogen (secondary N) is 1. The largest absolute Gasteiger partial charge is 0.469 e. The molecule has 1 atom stereocenters. The average Bonchev–Trinajstić information content (AvgIpc) is 2.70. The molecule has 3 heteroatoms. The summed E-state index contributed by atoms with van der Waals surface area (Å²) in [6.07, 6.45) is 2.69. The van der Waals surface area contributed by atoms with E-state index in [1.165, 1.54) is 0 Å². The molecule has 1 aromatic heterocycles. The van der Waals surface area contributed by atoms with E-state index in [9.17, 15) is 0 Å². The first-order valence-electron chi connectivity index (χ1n) is 6.05. The van der Waals surface area contributed by atoms with Crippen LogP contribution < -0.4 is 5.32 Å². The minimum Gasteiger partial charge on any atom is -0.469 e. The van der Waals surface area contributed by atoms with Gasteiger partial charge >= 0.3 is 0 Å². The Bertz CT molecular complexity index is 269. The molecule has 92 valence electrons. The molecule has 0 fully saturated rings. The van der Waals surface area contributed by atoms with E-state index >= 15 is 0 Å². The minimum absolute atomic E-state index is 0.465. The van der Waals surface area contributed by atoms with Gasteiger partial charge in [0.2, 0.25) is 0 Å². The molecule has 0 aliphatic heterocycles. The quantitative estimate of drug-likeness (QED) is 0.769. The molecule has 3 nitrogen and oxygen atoms in total. The molecule has 0 radical (unpaired) electrons. The normalized spacial score (nSPS) is 13.6. The fourth-order valence-corrected chi connectivity index (χ4v) is 1.55. The molecule has 0 saturated heterocycles. The van der Waals surface area contributed by atoms with E-state index in [1.807, 2.05) is 12.1 Å². The van der Waals surface area contributed by atoms with Crippen molar-refractivity contribution in [3.05, 3.63) is 24.2 Å². The average molecular weight is 224 g/mol. The van der Waals surface area contributed by atoms with Gasteiger partial charge in [0.1, 0.15) is 5.76 Å². The molecule has 0 bridgehead atoms. The zero-order valence-corrected chi connectivity index (χ0v) is 10.9. The van der Waals surface area contributed by atoms with Crippen LogP contribution >= 0.6 is 0 Å². The van der Waals surface area contributed by atoms with Gasteiger partial charge in [0, 0.05) is 31.6 Å². The smallest absolute Gasteiger partial charge is 0.105 e. The monoisotopic (exact) mass is 224 g/mol. The van der Waals surface area contributed by atoms with E-state index in [0.29, 0.717) is 12.1 Å². The van der Waals surface area contributed by atoms with Gasteiger partial charge in [-0.1, -0.05) is 0 Å². The molecule has 0 saturated carbocycles. The maximum atomic E-state index is 5.32. The fourth-order valence-electron chi connectivity index (χ4n) is 1.55. The van der Waals surface area contributed by atoms with E-state index in [2.05, 4.69) is 38.0 Å². The molecule has 1 N–H and O–H groups in total. The van der Waals surface area contributed by atoms with Crippen molar-refractivity contribution in [3.63, 3.8) is 0 Å². The zero-order chi connectivity index (χ0) is 12.0. The van der Waals surface area contributed by atoms with E-state index in [4.69, 9.17) is 4.42 Å². The second-order valence-electron chi connectivity index (χ2n) is 4.71. The Balaban J connectivity index is 2.13. The second-order valence-corrected chi connectivity index (χ2v) is 4.71. The van der Waals surface area contributed by atoms with Gasteiger partial charge in [-0.3, -0.25) is 0 Å². The van der Waals surface area contributed by atoms with Gasteiger partial charge in [-0.2, -0.15) is 0 Å². The Hall–Kier alpha value is -0.800. The van der Waals surface area contributed by atoms with Crippen LogP contribution in [0.25, 0.3) is 0 Å². The molecule has 0 aliphatic carbocycles. The van der Waals surface area contributed by atoms with Crippen LogP contribution in [-0.2, 0) is 6.42 Å². The van der Waals surface area contributed by atoms with Crippen LogP contribution in [-0.4, -0.2) is 37.1 Å². The zero-order valence-electron chi connectivity index (χ0n) is 10.9. The summed E-state index contributed by atoms with van der Waals surface area (Å²) in [7, 11) is 2.16. The lowest BCUT2D eigenvalue weighted by atomic mass is 10.2. The standard InChI is InChI=1S/C13H24N2O/c1-11(2)15(4)8-7-14-12(3)10-13-6-5-9-16-13/h5-6,9,11-12,14H,7-8,10H2,1-4H3. The van der Waals surface area contributed by atoms with Crippen molar-refractivity contribution in [1.82, 2.24) is 10.2 Å². The number of hydrogen-bond donors (Lipinski definition) is 1. The van der Waals surface area contributed by atoms with E-state index in [-0.39, 0.29) is 0 Å². The van der Waals surface area contributed by atoms with Crippen LogP contribution in [0.1, 0.15) is 26.5 Å². The summed E-state index contributed by atoms with van der Waals surface area (Å²) in [5.41, 5.74) is 0. The molecule has 0 aliphatic rings. The SMILES string of the molecule is CC(Cc1ccco1)NCCN(C)C(C)C. The molecule has 1 unspecified atom stereocenters. The van der Waals surface area contributed by atoms with Crippen molar-refractivity contribution in [2.75, 3.05) is 20.1 Å². The van der Waals surface area contributed by atoms with E-state index in [1.54, 1.807) is 6.26 Å². The Morgan fingerprint density at radius 1 is 1.38 bits per heavy atom. The van der Waals surface area contributed by atoms with Crippen molar-refractivity contribution >= 4 is 0 Å². The molecule has 1 aromatic rings. The highest BCUT2D eigenvalue weighted by molar-refractivity contribution is 4.99. The van der Waals surface area contributed by atoms with Crippen molar-refractivity contribution in [1.29, 1.82) is 0 Å². The van der Waals surface area contributed by atoms with Gasteiger partial charge < -0.3 is 14.6 Å². The van der Waals surface area contributed by atoms with Gasteiger partial charge in [0.25, 0.3) is 0 Å². The molecular formula is C13H24N2O. The van der Waals surface area contributed by atoms with Crippen LogP contribution in [0.15, 0.2) is 22.8 Å². The Morgan fingerprint density at radius 3 is 2.69 bits per heavy atom. The van der Waals surface area contributed by atoms with Crippen LogP contribution in [0.2, 0.25) is 0 Å². The number of rotatable bonds is 7. The van der Waals surface area contributed by atoms with Crippen molar-refractivity contribution < 1.29 is 4.42 Å². The van der Waals surface area contributed by atoms with Gasteiger partial charge in [-0.15, -0.1) is 0 Å². The van der Waals surface area contributed by atoms with Crippen molar-refractivity contribution in [2.45, 2.75) is 39.3 Å². The van der Waals surface area contributed by atoms with Gasteiger partial charge in [-0.05, 0) is 40.0 Å². The highest BCUT2D eigenvalue weighted by Crippen LogP contribution is 2.03. The number of likely N-dealkylation sites (N-methyl/N-ethyl adjacent to an activating group) is 1. The van der Waals surface area contributed by atoms with Gasteiger partial charge in [0.05, 0.1) is 6.26 Å². The first-order valence-corrected chi connectivity index (χ1v) is 6.05. The van der Waals surface area contributed by atoms with Crippen molar-refractivity contribution in [3.8, 4) is 0 Å². The summed E-state index contributed by atoms with van der Waals surface area (Å²) in [6.45, 7) is 8.73. The van der Waals surface area contributed by atoms with Crippen LogP contribution in [0.4, 0.5) is 0 Å². The second kappa shape index (κ2) is 6.71. The third-order valence-electron chi connectivity index (χ3n) is 2.93. The summed E-state index contributed by atoms with van der Waals surface area (Å²) >= 11 is 0. The lowest BCUT2D eigenvalue weighted by Crippen LogP contribution is -2.37. The maximum Gasteiger partial charge on any atom is 0.105 e. The van der Waals surface area contributed by atoms with Crippen LogP contribution in [0.3, 0.4) is 0 Å². The predicted molar refractivity (Wildman–Crippen MR) is 67.6 cm³/mol. The third-order valence-corrected chi connectivity index (χ3v) is 2.93. The van der Waals surface area contributed by atoms with Gasteiger partial charge in [0.15, 0.2) is 0 Å². The lowest BCUT2D eigenvalue weighted by Gasteiger charge is -2.22. The molecule has 16 heavy (non-hydrogen) atoms. The summed E-state index contributed by atoms with van der Waals surface area (Å²) in [4.78, 5) is 2.34. The first-order chi connectivity index (χ1) is 7.59. The molecule has 0 aromatic carbocycles. The summed E-state index contributed by atoms with van der Waals surface area (Å²) < 4.78 is 5.32. The number of nitrogens with zero attached hydrogens (tertiary/aromatic N) is 1. The topological polar surface area (TPSA) is 28.4 Å². The Morgan fingerprint density at radius 2 is 2.12 bits per heavy atom. The molecule has 1 rings (SSSR count). The van der Waals surface area contributed by atoms with Crippen LogP contribution in [0.5, 0.6) is 0 Å². The van der Waals surface area contributed by atoms with Crippen LogP contribution in [0, 0.1) is 0 Å². The fraction of sp³-hybridized carbons (Fsp3) is 0.692. The lowest BCUT2D eigenvalue weighted by molar-refractivity contribution is 0.269. The van der Waals surface area contributed by atoms with Gasteiger partial charge in [-0.25, -0.2) is 0 Å². The molecule has 0 amide bonds. The first kappa shape index (κ1) is 13.3. The van der Waals surface area contributed by atoms with Crippen molar-refractivity contribution in [2.24, 2.45) is 0 Å². The molecular weight excluding hydrogens is 200 g/mol. The van der Waals surface area contributed by atoms with E-state index in [0.717, 1.165) is 25.3 Å².